The molecule has 1 amide bonds. The van der Waals surface area contributed by atoms with Gasteiger partial charge in [0.1, 0.15) is 0 Å². The molecule has 0 unspecified atom stereocenters. The number of rotatable bonds is 5. The van der Waals surface area contributed by atoms with Crippen LogP contribution in [-0.2, 0) is 4.79 Å². The maximum atomic E-state index is 12.6. The normalized spacial score (nSPS) is 24.3. The molecular formula is C21H29N3O2. The zero-order chi connectivity index (χ0) is 18.8. The Balaban J connectivity index is 1.85. The van der Waals surface area contributed by atoms with E-state index in [2.05, 4.69) is 36.6 Å². The second-order valence-electron chi connectivity index (χ2n) is 7.59. The van der Waals surface area contributed by atoms with Crippen LogP contribution in [0.5, 0.6) is 0 Å². The van der Waals surface area contributed by atoms with Crippen LogP contribution < -0.4 is 10.6 Å². The first-order chi connectivity index (χ1) is 12.4. The van der Waals surface area contributed by atoms with E-state index in [4.69, 9.17) is 0 Å². The maximum Gasteiger partial charge on any atom is 0.258 e. The molecule has 26 heavy (non-hydrogen) atoms. The fourth-order valence-electron chi connectivity index (χ4n) is 4.02. The van der Waals surface area contributed by atoms with Gasteiger partial charge in [-0.1, -0.05) is 6.92 Å². The highest BCUT2D eigenvalue weighted by atomic mass is 16.2. The summed E-state index contributed by atoms with van der Waals surface area (Å²) in [4.78, 5) is 26.6. The molecule has 1 fully saturated rings. The van der Waals surface area contributed by atoms with Crippen molar-refractivity contribution < 1.29 is 9.59 Å². The molecule has 3 rings (SSSR count). The lowest BCUT2D eigenvalue weighted by Crippen LogP contribution is -2.39. The molecule has 0 atom stereocenters. The molecule has 5 nitrogen and oxygen atoms in total. The number of carbonyl (C=O) groups is 2. The van der Waals surface area contributed by atoms with E-state index in [1.54, 1.807) is 13.0 Å². The Morgan fingerprint density at radius 3 is 2.50 bits per heavy atom. The van der Waals surface area contributed by atoms with Gasteiger partial charge < -0.3 is 15.5 Å². The molecule has 5 heteroatoms. The van der Waals surface area contributed by atoms with Crippen LogP contribution in [-0.4, -0.2) is 42.8 Å². The minimum absolute atomic E-state index is 0.0134. The van der Waals surface area contributed by atoms with Gasteiger partial charge in [0.2, 0.25) is 0 Å². The van der Waals surface area contributed by atoms with Crippen molar-refractivity contribution >= 4 is 23.0 Å². The number of nitrogens with one attached hydrogen (secondary N) is 2. The summed E-state index contributed by atoms with van der Waals surface area (Å²) in [5.74, 6) is -0.0634. The van der Waals surface area contributed by atoms with Gasteiger partial charge in [0, 0.05) is 34.6 Å². The first-order valence-corrected chi connectivity index (χ1v) is 9.53. The summed E-state index contributed by atoms with van der Waals surface area (Å²) in [6, 6.07) is 6.49. The molecule has 0 spiro atoms. The van der Waals surface area contributed by atoms with E-state index in [1.807, 2.05) is 12.1 Å². The number of allylic oxidation sites excluding steroid dienone is 1. The largest absolute Gasteiger partial charge is 0.385 e. The van der Waals surface area contributed by atoms with E-state index in [0.29, 0.717) is 23.2 Å². The number of nitrogens with zero attached hydrogens (tertiary/aromatic N) is 1. The van der Waals surface area contributed by atoms with E-state index < -0.39 is 0 Å². The highest BCUT2D eigenvalue weighted by molar-refractivity contribution is 6.32. The summed E-state index contributed by atoms with van der Waals surface area (Å²) in [6.07, 6.45) is 5.34. The van der Waals surface area contributed by atoms with Gasteiger partial charge >= 0.3 is 0 Å². The Bertz CT molecular complexity index is 744. The van der Waals surface area contributed by atoms with E-state index in [9.17, 15) is 9.59 Å². The fourth-order valence-corrected chi connectivity index (χ4v) is 4.02. The lowest BCUT2D eigenvalue weighted by molar-refractivity contribution is -0.110. The molecule has 1 heterocycles. The minimum atomic E-state index is -0.0768. The molecule has 0 radical (unpaired) electrons. The van der Waals surface area contributed by atoms with Crippen molar-refractivity contribution in [2.24, 2.45) is 0 Å². The molecule has 2 aliphatic rings. The molecule has 0 bridgehead atoms. The number of benzene rings is 1. The molecule has 0 aromatic heterocycles. The Morgan fingerprint density at radius 1 is 1.23 bits per heavy atom. The number of fused-ring (bicyclic) bond motifs is 1. The van der Waals surface area contributed by atoms with Crippen molar-refractivity contribution in [2.45, 2.75) is 58.0 Å². The monoisotopic (exact) mass is 355 g/mol. The summed E-state index contributed by atoms with van der Waals surface area (Å²) >= 11 is 0. The lowest BCUT2D eigenvalue weighted by Gasteiger charge is -2.34. The van der Waals surface area contributed by atoms with Crippen LogP contribution in [0, 0.1) is 0 Å². The van der Waals surface area contributed by atoms with Gasteiger partial charge in [0.25, 0.3) is 5.91 Å². The third-order valence-corrected chi connectivity index (χ3v) is 5.63. The number of carbonyl (C=O) groups excluding carboxylic acids is 2. The standard InChI is InChI=1S/C21H29N3O2/c1-5-18(22-15-7-9-16(10-8-15)24(3)4)20-17-12-14(13(2)25)6-11-19(17)23-21(20)26/h6,11-12,15-16,22H,5,7-10H2,1-4H3,(H,23,26)/b20-18-/t15-,16-. The third-order valence-electron chi connectivity index (χ3n) is 5.63. The SMILES string of the molecule is CC/C(N[C@H]1CC[C@H](N(C)C)CC1)=C1/C(=O)Nc2ccc(C(C)=O)cc21. The van der Waals surface area contributed by atoms with Gasteiger partial charge in [0.05, 0.1) is 5.57 Å². The summed E-state index contributed by atoms with van der Waals surface area (Å²) in [5.41, 5.74) is 3.95. The summed E-state index contributed by atoms with van der Waals surface area (Å²) in [7, 11) is 4.29. The van der Waals surface area contributed by atoms with Crippen LogP contribution in [0.4, 0.5) is 5.69 Å². The Hall–Kier alpha value is -2.14. The summed E-state index contributed by atoms with van der Waals surface area (Å²) in [5, 5.41) is 6.58. The van der Waals surface area contributed by atoms with Gasteiger partial charge in [-0.15, -0.1) is 0 Å². The van der Waals surface area contributed by atoms with Gasteiger partial charge in [-0.2, -0.15) is 0 Å². The van der Waals surface area contributed by atoms with Crippen molar-refractivity contribution in [3.63, 3.8) is 0 Å². The molecule has 0 saturated heterocycles. The van der Waals surface area contributed by atoms with Crippen LogP contribution >= 0.6 is 0 Å². The Labute approximate surface area is 155 Å². The molecule has 140 valence electrons. The molecule has 1 aromatic rings. The van der Waals surface area contributed by atoms with Gasteiger partial charge in [-0.3, -0.25) is 9.59 Å². The zero-order valence-electron chi connectivity index (χ0n) is 16.2. The molecule has 2 N–H and O–H groups in total. The molecule has 1 saturated carbocycles. The maximum absolute atomic E-state index is 12.6. The molecule has 1 aliphatic carbocycles. The fraction of sp³-hybridized carbons (Fsp3) is 0.524. The van der Waals surface area contributed by atoms with Crippen molar-refractivity contribution in [1.29, 1.82) is 0 Å². The van der Waals surface area contributed by atoms with Crippen LogP contribution in [0.1, 0.15) is 61.9 Å². The number of amides is 1. The minimum Gasteiger partial charge on any atom is -0.385 e. The highest BCUT2D eigenvalue weighted by Crippen LogP contribution is 2.35. The Morgan fingerprint density at radius 2 is 1.92 bits per heavy atom. The number of hydrogen-bond donors (Lipinski definition) is 2. The molecule has 1 aliphatic heterocycles. The number of anilines is 1. The second kappa shape index (κ2) is 7.62. The van der Waals surface area contributed by atoms with Crippen molar-refractivity contribution in [2.75, 3.05) is 19.4 Å². The third kappa shape index (κ3) is 3.68. The predicted octanol–water partition coefficient (Wildman–Crippen LogP) is 3.42. The van der Waals surface area contributed by atoms with Crippen LogP contribution in [0.2, 0.25) is 0 Å². The summed E-state index contributed by atoms with van der Waals surface area (Å²) < 4.78 is 0. The van der Waals surface area contributed by atoms with Crippen molar-refractivity contribution in [3.05, 3.63) is 35.0 Å². The second-order valence-corrected chi connectivity index (χ2v) is 7.59. The van der Waals surface area contributed by atoms with Crippen molar-refractivity contribution in [3.8, 4) is 0 Å². The first kappa shape index (κ1) is 18.6. The number of Topliss-reactive ketones (excluding diaryl/α,β-unsaturated/α-hetero) is 1. The smallest absolute Gasteiger partial charge is 0.258 e. The quantitative estimate of drug-likeness (QED) is 0.627. The number of ketones is 1. The average molecular weight is 355 g/mol. The van der Waals surface area contributed by atoms with E-state index in [0.717, 1.165) is 36.2 Å². The van der Waals surface area contributed by atoms with Gasteiger partial charge in [0.15, 0.2) is 5.78 Å². The van der Waals surface area contributed by atoms with Gasteiger partial charge in [-0.25, -0.2) is 0 Å². The Kier molecular flexibility index (Phi) is 5.47. The predicted molar refractivity (Wildman–Crippen MR) is 105 cm³/mol. The molecular weight excluding hydrogens is 326 g/mol. The lowest BCUT2D eigenvalue weighted by atomic mass is 9.90. The highest BCUT2D eigenvalue weighted by Gasteiger charge is 2.29. The van der Waals surface area contributed by atoms with Crippen LogP contribution in [0.3, 0.4) is 0 Å². The average Bonchev–Trinajstić information content (AvgIpc) is 2.95. The van der Waals surface area contributed by atoms with Crippen LogP contribution in [0.25, 0.3) is 5.57 Å². The van der Waals surface area contributed by atoms with E-state index in [-0.39, 0.29) is 11.7 Å². The van der Waals surface area contributed by atoms with E-state index in [1.165, 1.54) is 12.8 Å². The topological polar surface area (TPSA) is 61.4 Å². The summed E-state index contributed by atoms with van der Waals surface area (Å²) in [6.45, 7) is 3.62. The molecule has 1 aromatic carbocycles. The van der Waals surface area contributed by atoms with E-state index >= 15 is 0 Å². The van der Waals surface area contributed by atoms with Crippen LogP contribution in [0.15, 0.2) is 23.9 Å². The van der Waals surface area contributed by atoms with Gasteiger partial charge in [-0.05, 0) is 71.3 Å². The number of hydrogen-bond acceptors (Lipinski definition) is 4. The zero-order valence-corrected chi connectivity index (χ0v) is 16.2. The van der Waals surface area contributed by atoms with Crippen molar-refractivity contribution in [1.82, 2.24) is 10.2 Å². The first-order valence-electron chi connectivity index (χ1n) is 9.53.